The summed E-state index contributed by atoms with van der Waals surface area (Å²) < 4.78 is 2.07. The van der Waals surface area contributed by atoms with Crippen molar-refractivity contribution in [3.63, 3.8) is 0 Å². The van der Waals surface area contributed by atoms with Gasteiger partial charge in [0, 0.05) is 36.5 Å². The van der Waals surface area contributed by atoms with Gasteiger partial charge in [0.05, 0.1) is 11.3 Å². The van der Waals surface area contributed by atoms with Crippen molar-refractivity contribution in [2.75, 3.05) is 6.61 Å². The smallest absolute Gasteiger partial charge is 0.273 e. The van der Waals surface area contributed by atoms with E-state index in [1.165, 1.54) is 0 Å². The maximum absolute atomic E-state index is 12.4. The van der Waals surface area contributed by atoms with Crippen molar-refractivity contribution in [1.29, 1.82) is 0 Å². The first-order valence-electron chi connectivity index (χ1n) is 10.1. The van der Waals surface area contributed by atoms with Crippen molar-refractivity contribution in [3.05, 3.63) is 65.5 Å². The number of aliphatic hydroxyl groups excluding tert-OH is 1. The molecule has 0 saturated carbocycles. The number of nitrogens with one attached hydrogen (secondary N) is 1. The number of phenols is 1. The Morgan fingerprint density at radius 3 is 2.73 bits per heavy atom. The maximum atomic E-state index is 12.4. The van der Waals surface area contributed by atoms with Crippen molar-refractivity contribution >= 4 is 28.7 Å². The van der Waals surface area contributed by atoms with Gasteiger partial charge in [0.2, 0.25) is 0 Å². The number of hydrogen-bond acceptors (Lipinski definition) is 5. The Balaban J connectivity index is 1.59. The summed E-state index contributed by atoms with van der Waals surface area (Å²) in [6, 6.07) is 10.9. The third kappa shape index (κ3) is 4.26. The van der Waals surface area contributed by atoms with Crippen LogP contribution in [-0.2, 0) is 17.8 Å². The van der Waals surface area contributed by atoms with E-state index >= 15 is 0 Å². The number of aliphatic hydroxyl groups is 1. The van der Waals surface area contributed by atoms with E-state index in [-0.39, 0.29) is 18.3 Å². The number of phenolic OH excluding ortho intramolecular Hbond substituents is 1. The van der Waals surface area contributed by atoms with E-state index in [9.17, 15) is 9.90 Å². The molecule has 0 saturated heterocycles. The molecule has 1 amide bonds. The largest absolute Gasteiger partial charge is 0.508 e. The predicted molar refractivity (Wildman–Crippen MR) is 116 cm³/mol. The molecule has 154 valence electrons. The van der Waals surface area contributed by atoms with Crippen LogP contribution < -0.4 is 5.43 Å². The number of hydrazone groups is 1. The molecule has 3 heterocycles. The molecule has 1 aliphatic heterocycles. The van der Waals surface area contributed by atoms with Gasteiger partial charge in [-0.3, -0.25) is 4.79 Å². The zero-order chi connectivity index (χ0) is 20.9. The Kier molecular flexibility index (Phi) is 5.90. The zero-order valence-corrected chi connectivity index (χ0v) is 16.6. The lowest BCUT2D eigenvalue weighted by Crippen LogP contribution is -2.13. The summed E-state index contributed by atoms with van der Waals surface area (Å²) in [7, 11) is 0. The van der Waals surface area contributed by atoms with Crippen LogP contribution in [0.5, 0.6) is 5.75 Å². The third-order valence-electron chi connectivity index (χ3n) is 5.21. The number of fused-ring (bicyclic) bond motifs is 1. The van der Waals surface area contributed by atoms with Gasteiger partial charge in [-0.1, -0.05) is 12.1 Å². The van der Waals surface area contributed by atoms with Crippen molar-refractivity contribution in [1.82, 2.24) is 15.0 Å². The second kappa shape index (κ2) is 8.92. The number of aromatic hydroxyl groups is 1. The van der Waals surface area contributed by atoms with Crippen LogP contribution in [0.3, 0.4) is 0 Å². The molecule has 3 N–H and O–H groups in total. The first-order chi connectivity index (χ1) is 14.7. The number of amides is 1. The molecule has 0 spiro atoms. The molecule has 0 aliphatic carbocycles. The fourth-order valence-corrected chi connectivity index (χ4v) is 3.62. The van der Waals surface area contributed by atoms with Crippen LogP contribution in [0.2, 0.25) is 0 Å². The molecule has 4 rings (SSSR count). The van der Waals surface area contributed by atoms with E-state index in [1.807, 2.05) is 36.5 Å². The third-order valence-corrected chi connectivity index (χ3v) is 5.21. The number of aryl methyl sites for hydroxylation is 2. The minimum Gasteiger partial charge on any atom is -0.508 e. The van der Waals surface area contributed by atoms with Gasteiger partial charge < -0.3 is 14.8 Å². The number of benzene rings is 1. The number of carbonyl (C=O) groups is 1. The molecule has 0 radical (unpaired) electrons. The van der Waals surface area contributed by atoms with Gasteiger partial charge in [-0.25, -0.2) is 10.4 Å². The Hall–Kier alpha value is -3.45. The topological polar surface area (TPSA) is 99.7 Å². The molecule has 1 aromatic carbocycles. The lowest BCUT2D eigenvalue weighted by atomic mass is 10.0. The maximum Gasteiger partial charge on any atom is 0.273 e. The minimum atomic E-state index is -0.208. The molecule has 7 heteroatoms. The van der Waals surface area contributed by atoms with Crippen LogP contribution in [0.4, 0.5) is 0 Å². The molecular weight excluding hydrogens is 380 g/mol. The van der Waals surface area contributed by atoms with Crippen LogP contribution in [0.1, 0.15) is 30.4 Å². The Bertz CT molecular complexity index is 1110. The van der Waals surface area contributed by atoms with Crippen LogP contribution >= 0.6 is 0 Å². The highest BCUT2D eigenvalue weighted by molar-refractivity contribution is 6.27. The Labute approximate surface area is 174 Å². The van der Waals surface area contributed by atoms with Crippen LogP contribution in [0.25, 0.3) is 17.1 Å². The minimum absolute atomic E-state index is 0.171. The SMILES string of the molecule is O=C1NN=C(CCc2ccc(O)cc2)C1=Cc1cn(CCCCO)c2ncccc12. The Morgan fingerprint density at radius 2 is 1.93 bits per heavy atom. The van der Waals surface area contributed by atoms with Crippen LogP contribution in [0, 0.1) is 0 Å². The summed E-state index contributed by atoms with van der Waals surface area (Å²) in [5, 5.41) is 23.7. The molecule has 0 bridgehead atoms. The van der Waals surface area contributed by atoms with Gasteiger partial charge in [0.1, 0.15) is 11.4 Å². The highest BCUT2D eigenvalue weighted by Crippen LogP contribution is 2.24. The molecule has 7 nitrogen and oxygen atoms in total. The summed E-state index contributed by atoms with van der Waals surface area (Å²) in [6.45, 7) is 0.926. The van der Waals surface area contributed by atoms with Crippen molar-refractivity contribution in [3.8, 4) is 5.75 Å². The average molecular weight is 404 g/mol. The van der Waals surface area contributed by atoms with E-state index in [2.05, 4.69) is 20.1 Å². The fourth-order valence-electron chi connectivity index (χ4n) is 3.62. The highest BCUT2D eigenvalue weighted by Gasteiger charge is 2.23. The summed E-state index contributed by atoms with van der Waals surface area (Å²) in [6.07, 6.45) is 8.56. The molecule has 3 aromatic rings. The molecule has 0 fully saturated rings. The van der Waals surface area contributed by atoms with Gasteiger partial charge in [-0.05, 0) is 61.6 Å². The monoisotopic (exact) mass is 404 g/mol. The van der Waals surface area contributed by atoms with Gasteiger partial charge in [0.25, 0.3) is 5.91 Å². The zero-order valence-electron chi connectivity index (χ0n) is 16.6. The average Bonchev–Trinajstić information content (AvgIpc) is 3.29. The van der Waals surface area contributed by atoms with E-state index < -0.39 is 0 Å². The van der Waals surface area contributed by atoms with Gasteiger partial charge in [-0.15, -0.1) is 0 Å². The lowest BCUT2D eigenvalue weighted by Gasteiger charge is -2.03. The molecule has 1 aliphatic rings. The number of pyridine rings is 1. The molecule has 30 heavy (non-hydrogen) atoms. The van der Waals surface area contributed by atoms with Gasteiger partial charge in [0.15, 0.2) is 0 Å². The normalized spacial score (nSPS) is 15.0. The van der Waals surface area contributed by atoms with Crippen molar-refractivity contribution in [2.45, 2.75) is 32.2 Å². The standard InChI is InChI=1S/C23H24N4O3/c28-13-2-1-12-27-15-17(19-4-3-11-24-22(19)27)14-20-21(25-26-23(20)30)10-7-16-5-8-18(29)9-6-16/h3-6,8-9,11,14-15,28-29H,1-2,7,10,12-13H2,(H,26,30). The molecule has 2 aromatic heterocycles. The van der Waals surface area contributed by atoms with E-state index in [0.717, 1.165) is 53.7 Å². The fraction of sp³-hybridized carbons (Fsp3) is 0.261. The summed E-state index contributed by atoms with van der Waals surface area (Å²) >= 11 is 0. The lowest BCUT2D eigenvalue weighted by molar-refractivity contribution is -0.116. The first-order valence-corrected chi connectivity index (χ1v) is 10.1. The second-order valence-electron chi connectivity index (χ2n) is 7.31. The Morgan fingerprint density at radius 1 is 1.10 bits per heavy atom. The summed E-state index contributed by atoms with van der Waals surface area (Å²) in [5.74, 6) is 0.0270. The quantitative estimate of drug-likeness (QED) is 0.397. The van der Waals surface area contributed by atoms with Crippen molar-refractivity contribution < 1.29 is 15.0 Å². The van der Waals surface area contributed by atoms with E-state index in [0.29, 0.717) is 12.0 Å². The van der Waals surface area contributed by atoms with Crippen LogP contribution in [-0.4, -0.2) is 38.0 Å². The first kappa shape index (κ1) is 19.8. The number of carbonyl (C=O) groups excluding carboxylic acids is 1. The number of aromatic nitrogens is 2. The van der Waals surface area contributed by atoms with Gasteiger partial charge >= 0.3 is 0 Å². The number of rotatable bonds is 8. The molecule has 0 unspecified atom stereocenters. The van der Waals surface area contributed by atoms with E-state index in [1.54, 1.807) is 18.3 Å². The predicted octanol–water partition coefficient (Wildman–Crippen LogP) is 3.02. The van der Waals surface area contributed by atoms with Crippen molar-refractivity contribution in [2.24, 2.45) is 5.10 Å². The molecular formula is C23H24N4O3. The number of nitrogens with zero attached hydrogens (tertiary/aromatic N) is 3. The highest BCUT2D eigenvalue weighted by atomic mass is 16.3. The summed E-state index contributed by atoms with van der Waals surface area (Å²) in [5.41, 5.74) is 6.71. The number of unbranched alkanes of at least 4 members (excludes halogenated alkanes) is 1. The number of hydrogen-bond donors (Lipinski definition) is 3. The summed E-state index contributed by atoms with van der Waals surface area (Å²) in [4.78, 5) is 16.9. The second-order valence-corrected chi connectivity index (χ2v) is 7.31. The molecule has 0 atom stereocenters. The van der Waals surface area contributed by atoms with E-state index in [4.69, 9.17) is 5.11 Å². The van der Waals surface area contributed by atoms with Gasteiger partial charge in [-0.2, -0.15) is 5.10 Å². The van der Waals surface area contributed by atoms with Crippen LogP contribution in [0.15, 0.2) is 59.5 Å².